The molecule has 0 aromatic carbocycles. The maximum atomic E-state index is 12.6. The van der Waals surface area contributed by atoms with Crippen LogP contribution in [-0.4, -0.2) is 48.3 Å². The molecule has 6 nitrogen and oxygen atoms in total. The number of hydrogen-bond acceptors (Lipinski definition) is 5. The second-order valence-corrected chi connectivity index (χ2v) is 7.95. The Bertz CT molecular complexity index is 610. The summed E-state index contributed by atoms with van der Waals surface area (Å²) < 4.78 is 5.98. The van der Waals surface area contributed by atoms with Crippen molar-refractivity contribution in [3.8, 4) is 5.88 Å². The van der Waals surface area contributed by atoms with Gasteiger partial charge in [0, 0.05) is 13.1 Å². The minimum atomic E-state index is -0.256. The van der Waals surface area contributed by atoms with E-state index >= 15 is 0 Å². The predicted molar refractivity (Wildman–Crippen MR) is 102 cm³/mol. The number of aliphatic hydroxyl groups excluding tert-OH is 1. The summed E-state index contributed by atoms with van der Waals surface area (Å²) in [5, 5.41) is 12.4. The summed E-state index contributed by atoms with van der Waals surface area (Å²) in [5.41, 5.74) is 1.33. The normalized spacial score (nSPS) is 18.2. The number of carbonyl (C=O) groups excluding carboxylic acids is 1. The van der Waals surface area contributed by atoms with Crippen molar-refractivity contribution in [2.45, 2.75) is 52.0 Å². The molecular formula is C20H31N3O3. The Morgan fingerprint density at radius 2 is 2.08 bits per heavy atom. The number of ether oxygens (including phenoxy) is 1. The minimum absolute atomic E-state index is 0.0686. The van der Waals surface area contributed by atoms with Gasteiger partial charge in [-0.15, -0.1) is 0 Å². The molecule has 1 aliphatic heterocycles. The fraction of sp³-hybridized carbons (Fsp3) is 0.700. The topological polar surface area (TPSA) is 74.7 Å². The van der Waals surface area contributed by atoms with Crippen LogP contribution in [-0.2, 0) is 0 Å². The number of pyridine rings is 1. The molecule has 1 aromatic heterocycles. The molecule has 0 radical (unpaired) electrons. The third-order valence-electron chi connectivity index (χ3n) is 4.98. The largest absolute Gasteiger partial charge is 0.476 e. The van der Waals surface area contributed by atoms with Gasteiger partial charge in [0.25, 0.3) is 5.91 Å². The molecule has 1 unspecified atom stereocenters. The van der Waals surface area contributed by atoms with Crippen LogP contribution in [0.5, 0.6) is 5.88 Å². The molecule has 144 valence electrons. The lowest BCUT2D eigenvalue weighted by atomic mass is 10.0. The van der Waals surface area contributed by atoms with Gasteiger partial charge in [-0.2, -0.15) is 0 Å². The summed E-state index contributed by atoms with van der Waals surface area (Å²) in [6.07, 6.45) is 5.52. The lowest BCUT2D eigenvalue weighted by Crippen LogP contribution is -2.38. The minimum Gasteiger partial charge on any atom is -0.476 e. The zero-order valence-electron chi connectivity index (χ0n) is 15.9. The molecule has 26 heavy (non-hydrogen) atoms. The van der Waals surface area contributed by atoms with Gasteiger partial charge >= 0.3 is 0 Å². The van der Waals surface area contributed by atoms with E-state index in [1.54, 1.807) is 6.07 Å². The lowest BCUT2D eigenvalue weighted by molar-refractivity contribution is 0.0902. The van der Waals surface area contributed by atoms with Crippen LogP contribution in [0.15, 0.2) is 12.1 Å². The van der Waals surface area contributed by atoms with Crippen molar-refractivity contribution < 1.29 is 14.6 Å². The van der Waals surface area contributed by atoms with Gasteiger partial charge in [-0.3, -0.25) is 4.79 Å². The number of hydrogen-bond donors (Lipinski definition) is 2. The van der Waals surface area contributed by atoms with E-state index in [2.05, 4.69) is 29.0 Å². The zero-order valence-corrected chi connectivity index (χ0v) is 15.9. The Kier molecular flexibility index (Phi) is 6.35. The van der Waals surface area contributed by atoms with Crippen molar-refractivity contribution in [1.82, 2.24) is 10.3 Å². The van der Waals surface area contributed by atoms with E-state index in [9.17, 15) is 9.90 Å². The molecule has 2 N–H and O–H groups in total. The summed E-state index contributed by atoms with van der Waals surface area (Å²) in [6.45, 7) is 6.76. The Morgan fingerprint density at radius 1 is 1.35 bits per heavy atom. The number of amides is 1. The van der Waals surface area contributed by atoms with Crippen molar-refractivity contribution in [3.63, 3.8) is 0 Å². The third kappa shape index (κ3) is 5.10. The Hall–Kier alpha value is -1.82. The molecule has 1 amide bonds. The second-order valence-electron chi connectivity index (χ2n) is 7.95. The molecule has 2 fully saturated rings. The Morgan fingerprint density at radius 3 is 2.69 bits per heavy atom. The highest BCUT2D eigenvalue weighted by atomic mass is 16.5. The van der Waals surface area contributed by atoms with Gasteiger partial charge in [-0.05, 0) is 56.1 Å². The van der Waals surface area contributed by atoms with Gasteiger partial charge in [0.1, 0.15) is 5.69 Å². The molecule has 2 aliphatic rings. The van der Waals surface area contributed by atoms with Gasteiger partial charge < -0.3 is 20.1 Å². The first-order valence-corrected chi connectivity index (χ1v) is 9.87. The summed E-state index contributed by atoms with van der Waals surface area (Å²) in [5.74, 6) is 1.34. The van der Waals surface area contributed by atoms with Gasteiger partial charge in [0.2, 0.25) is 5.88 Å². The van der Waals surface area contributed by atoms with Crippen LogP contribution in [0.4, 0.5) is 5.69 Å². The van der Waals surface area contributed by atoms with E-state index in [4.69, 9.17) is 4.74 Å². The number of aliphatic hydroxyl groups is 1. The molecule has 1 saturated heterocycles. The molecular weight excluding hydrogens is 330 g/mol. The highest BCUT2D eigenvalue weighted by molar-refractivity contribution is 5.93. The van der Waals surface area contributed by atoms with Crippen LogP contribution in [0.1, 0.15) is 56.4 Å². The van der Waals surface area contributed by atoms with Crippen molar-refractivity contribution in [3.05, 3.63) is 17.8 Å². The number of carbonyl (C=O) groups is 1. The average Bonchev–Trinajstić information content (AvgIpc) is 3.30. The number of nitrogens with zero attached hydrogens (tertiary/aromatic N) is 2. The van der Waals surface area contributed by atoms with Crippen molar-refractivity contribution >= 4 is 11.6 Å². The summed E-state index contributed by atoms with van der Waals surface area (Å²) in [7, 11) is 0. The van der Waals surface area contributed by atoms with E-state index < -0.39 is 0 Å². The standard InChI is InChI=1S/C20H31N3O3/c1-14(2)11-16(12-24)21-19(25)17-7-8-18(23-9-3-4-10-23)20(22-17)26-13-15-5-6-15/h7-8,14-16,24H,3-6,9-13H2,1-2H3,(H,21,25). The molecule has 3 rings (SSSR count). The van der Waals surface area contributed by atoms with Crippen LogP contribution >= 0.6 is 0 Å². The SMILES string of the molecule is CC(C)CC(CO)NC(=O)c1ccc(N2CCCC2)c(OCC2CC2)n1. The second kappa shape index (κ2) is 8.71. The fourth-order valence-corrected chi connectivity index (χ4v) is 3.35. The van der Waals surface area contributed by atoms with Crippen LogP contribution in [0.25, 0.3) is 0 Å². The van der Waals surface area contributed by atoms with Crippen LogP contribution in [0.2, 0.25) is 0 Å². The Balaban J connectivity index is 1.73. The summed E-state index contributed by atoms with van der Waals surface area (Å²) in [6, 6.07) is 3.46. The molecule has 2 heterocycles. The van der Waals surface area contributed by atoms with E-state index in [1.807, 2.05) is 6.07 Å². The van der Waals surface area contributed by atoms with Crippen molar-refractivity contribution in [1.29, 1.82) is 0 Å². The molecule has 1 saturated carbocycles. The first-order valence-electron chi connectivity index (χ1n) is 9.87. The highest BCUT2D eigenvalue weighted by Gasteiger charge is 2.25. The third-order valence-corrected chi connectivity index (χ3v) is 4.98. The first-order chi connectivity index (χ1) is 12.6. The summed E-state index contributed by atoms with van der Waals surface area (Å²) in [4.78, 5) is 19.4. The van der Waals surface area contributed by atoms with Crippen LogP contribution in [0, 0.1) is 11.8 Å². The number of anilines is 1. The monoisotopic (exact) mass is 361 g/mol. The molecule has 6 heteroatoms. The maximum Gasteiger partial charge on any atom is 0.270 e. The fourth-order valence-electron chi connectivity index (χ4n) is 3.35. The van der Waals surface area contributed by atoms with Crippen molar-refractivity contribution in [2.75, 3.05) is 31.2 Å². The quantitative estimate of drug-likeness (QED) is 0.707. The van der Waals surface area contributed by atoms with Gasteiger partial charge in [0.05, 0.1) is 24.9 Å². The number of aromatic nitrogens is 1. The average molecular weight is 361 g/mol. The van der Waals surface area contributed by atoms with Crippen molar-refractivity contribution in [2.24, 2.45) is 11.8 Å². The lowest BCUT2D eigenvalue weighted by Gasteiger charge is -2.22. The van der Waals surface area contributed by atoms with E-state index in [0.29, 0.717) is 30.0 Å². The van der Waals surface area contributed by atoms with E-state index in [-0.39, 0.29) is 18.6 Å². The van der Waals surface area contributed by atoms with Gasteiger partial charge in [-0.25, -0.2) is 4.98 Å². The maximum absolute atomic E-state index is 12.6. The smallest absolute Gasteiger partial charge is 0.270 e. The first kappa shape index (κ1) is 19.0. The molecule has 0 spiro atoms. The molecule has 1 aromatic rings. The summed E-state index contributed by atoms with van der Waals surface area (Å²) >= 11 is 0. The highest BCUT2D eigenvalue weighted by Crippen LogP contribution is 2.33. The number of rotatable bonds is 9. The van der Waals surface area contributed by atoms with Crippen LogP contribution in [0.3, 0.4) is 0 Å². The van der Waals surface area contributed by atoms with Gasteiger partial charge in [0.15, 0.2) is 0 Å². The van der Waals surface area contributed by atoms with E-state index in [1.165, 1.54) is 25.7 Å². The molecule has 1 aliphatic carbocycles. The van der Waals surface area contributed by atoms with Crippen LogP contribution < -0.4 is 15.0 Å². The molecule has 0 bridgehead atoms. The Labute approximate surface area is 155 Å². The predicted octanol–water partition coefficient (Wildman–Crippen LogP) is 2.61. The molecule has 1 atom stereocenters. The van der Waals surface area contributed by atoms with E-state index in [0.717, 1.165) is 25.2 Å². The number of nitrogens with one attached hydrogen (secondary N) is 1. The zero-order chi connectivity index (χ0) is 18.5. The van der Waals surface area contributed by atoms with Gasteiger partial charge in [-0.1, -0.05) is 13.8 Å².